The van der Waals surface area contributed by atoms with Gasteiger partial charge in [0.15, 0.2) is 11.0 Å². The number of thioether (sulfide) groups is 1. The van der Waals surface area contributed by atoms with Gasteiger partial charge in [0, 0.05) is 18.2 Å². The van der Waals surface area contributed by atoms with Crippen LogP contribution in [0.15, 0.2) is 42.1 Å². The fourth-order valence-electron chi connectivity index (χ4n) is 3.25. The summed E-state index contributed by atoms with van der Waals surface area (Å²) < 4.78 is 2.01. The molecule has 1 aliphatic rings. The topological polar surface area (TPSA) is 59.8 Å². The Balaban J connectivity index is 1.66. The first kappa shape index (κ1) is 18.7. The van der Waals surface area contributed by atoms with Crippen LogP contribution in [0.3, 0.4) is 0 Å². The van der Waals surface area contributed by atoms with Crippen molar-refractivity contribution in [2.24, 2.45) is 0 Å². The second kappa shape index (κ2) is 9.03. The average molecular weight is 371 g/mol. The van der Waals surface area contributed by atoms with Gasteiger partial charge in [-0.05, 0) is 19.8 Å². The second-order valence-corrected chi connectivity index (χ2v) is 7.71. The minimum absolute atomic E-state index is 0.0759. The van der Waals surface area contributed by atoms with E-state index in [2.05, 4.69) is 41.1 Å². The number of carbonyl (C=O) groups is 1. The Morgan fingerprint density at radius 1 is 1.27 bits per heavy atom. The maximum Gasteiger partial charge on any atom is 0.230 e. The van der Waals surface area contributed by atoms with Crippen LogP contribution in [-0.4, -0.2) is 32.5 Å². The molecule has 0 unspecified atom stereocenters. The molecular weight excluding hydrogens is 344 g/mol. The van der Waals surface area contributed by atoms with Gasteiger partial charge in [-0.15, -0.1) is 16.8 Å². The molecule has 1 N–H and O–H groups in total. The molecule has 5 nitrogen and oxygen atoms in total. The van der Waals surface area contributed by atoms with Crippen molar-refractivity contribution in [3.05, 3.63) is 42.5 Å². The van der Waals surface area contributed by atoms with E-state index in [1.165, 1.54) is 36.6 Å². The molecule has 0 atom stereocenters. The molecule has 1 aliphatic carbocycles. The van der Waals surface area contributed by atoms with E-state index in [4.69, 9.17) is 0 Å². The Bertz CT molecular complexity index is 748. The van der Waals surface area contributed by atoms with Crippen LogP contribution in [0.25, 0.3) is 11.4 Å². The number of allylic oxidation sites excluding steroid dienone is 1. The van der Waals surface area contributed by atoms with Crippen molar-refractivity contribution in [2.75, 3.05) is 5.75 Å². The molecule has 0 spiro atoms. The number of nitrogens with one attached hydrogen (secondary N) is 1. The summed E-state index contributed by atoms with van der Waals surface area (Å²) in [7, 11) is 0. The number of hydrogen-bond acceptors (Lipinski definition) is 4. The molecule has 26 heavy (non-hydrogen) atoms. The van der Waals surface area contributed by atoms with E-state index >= 15 is 0 Å². The lowest BCUT2D eigenvalue weighted by Gasteiger charge is -2.22. The summed E-state index contributed by atoms with van der Waals surface area (Å²) in [5.74, 6) is 1.24. The van der Waals surface area contributed by atoms with Crippen molar-refractivity contribution in [3.8, 4) is 11.4 Å². The molecule has 138 valence electrons. The summed E-state index contributed by atoms with van der Waals surface area (Å²) in [6.45, 7) is 6.51. The number of benzene rings is 1. The highest BCUT2D eigenvalue weighted by atomic mass is 32.2. The summed E-state index contributed by atoms with van der Waals surface area (Å²) in [6.07, 6.45) is 7.74. The van der Waals surface area contributed by atoms with Gasteiger partial charge in [-0.25, -0.2) is 0 Å². The van der Waals surface area contributed by atoms with Crippen LogP contribution in [0, 0.1) is 6.92 Å². The SMILES string of the molecule is C=CCn1c(SCC(=O)NC2CCCCC2)nnc1-c1ccc(C)cc1. The third-order valence-corrected chi connectivity index (χ3v) is 5.61. The van der Waals surface area contributed by atoms with Gasteiger partial charge in [-0.3, -0.25) is 9.36 Å². The summed E-state index contributed by atoms with van der Waals surface area (Å²) in [6, 6.07) is 8.55. The Kier molecular flexibility index (Phi) is 6.50. The van der Waals surface area contributed by atoms with Crippen molar-refractivity contribution < 1.29 is 4.79 Å². The number of carbonyl (C=O) groups excluding carboxylic acids is 1. The molecular formula is C20H26N4OS. The molecule has 1 fully saturated rings. The molecule has 6 heteroatoms. The molecule has 1 aromatic heterocycles. The van der Waals surface area contributed by atoms with Gasteiger partial charge in [0.1, 0.15) is 0 Å². The predicted octanol–water partition coefficient (Wildman–Crippen LogP) is 3.98. The summed E-state index contributed by atoms with van der Waals surface area (Å²) in [5, 5.41) is 12.5. The number of amides is 1. The number of hydrogen-bond donors (Lipinski definition) is 1. The van der Waals surface area contributed by atoms with Crippen molar-refractivity contribution in [3.63, 3.8) is 0 Å². The first-order valence-electron chi connectivity index (χ1n) is 9.20. The molecule has 1 saturated carbocycles. The van der Waals surface area contributed by atoms with Crippen LogP contribution < -0.4 is 5.32 Å². The first-order valence-corrected chi connectivity index (χ1v) is 10.2. The lowest BCUT2D eigenvalue weighted by Crippen LogP contribution is -2.37. The van der Waals surface area contributed by atoms with E-state index in [0.717, 1.165) is 29.4 Å². The fraction of sp³-hybridized carbons (Fsp3) is 0.450. The van der Waals surface area contributed by atoms with Crippen LogP contribution in [-0.2, 0) is 11.3 Å². The zero-order chi connectivity index (χ0) is 18.4. The van der Waals surface area contributed by atoms with E-state index in [9.17, 15) is 4.79 Å². The normalized spacial score (nSPS) is 15.0. The predicted molar refractivity (Wildman–Crippen MR) is 106 cm³/mol. The van der Waals surface area contributed by atoms with Crippen LogP contribution in [0.1, 0.15) is 37.7 Å². The van der Waals surface area contributed by atoms with E-state index < -0.39 is 0 Å². The Hall–Kier alpha value is -2.08. The van der Waals surface area contributed by atoms with Gasteiger partial charge in [0.2, 0.25) is 5.91 Å². The maximum atomic E-state index is 12.3. The number of nitrogens with zero attached hydrogens (tertiary/aromatic N) is 3. The van der Waals surface area contributed by atoms with Gasteiger partial charge >= 0.3 is 0 Å². The molecule has 1 amide bonds. The molecule has 0 bridgehead atoms. The second-order valence-electron chi connectivity index (χ2n) is 6.76. The minimum Gasteiger partial charge on any atom is -0.353 e. The molecule has 2 aromatic rings. The highest BCUT2D eigenvalue weighted by molar-refractivity contribution is 7.99. The fourth-order valence-corrected chi connectivity index (χ4v) is 4.01. The molecule has 0 saturated heterocycles. The smallest absolute Gasteiger partial charge is 0.230 e. The van der Waals surface area contributed by atoms with Crippen LogP contribution in [0.5, 0.6) is 0 Å². The highest BCUT2D eigenvalue weighted by Gasteiger charge is 2.18. The summed E-state index contributed by atoms with van der Waals surface area (Å²) in [4.78, 5) is 12.3. The van der Waals surface area contributed by atoms with Crippen LogP contribution in [0.2, 0.25) is 0 Å². The van der Waals surface area contributed by atoms with Crippen LogP contribution in [0.4, 0.5) is 0 Å². The monoisotopic (exact) mass is 370 g/mol. The third kappa shape index (κ3) is 4.75. The lowest BCUT2D eigenvalue weighted by molar-refractivity contribution is -0.119. The molecule has 3 rings (SSSR count). The van der Waals surface area contributed by atoms with Crippen molar-refractivity contribution >= 4 is 17.7 Å². The van der Waals surface area contributed by atoms with E-state index in [0.29, 0.717) is 18.3 Å². The van der Waals surface area contributed by atoms with Gasteiger partial charge in [-0.2, -0.15) is 0 Å². The number of aromatic nitrogens is 3. The third-order valence-electron chi connectivity index (χ3n) is 4.64. The van der Waals surface area contributed by atoms with Crippen molar-refractivity contribution in [2.45, 2.75) is 56.8 Å². The van der Waals surface area contributed by atoms with Crippen molar-refractivity contribution in [1.82, 2.24) is 20.1 Å². The summed E-state index contributed by atoms with van der Waals surface area (Å²) in [5.41, 5.74) is 2.22. The quantitative estimate of drug-likeness (QED) is 0.591. The largest absolute Gasteiger partial charge is 0.353 e. The van der Waals surface area contributed by atoms with Gasteiger partial charge in [0.05, 0.1) is 5.75 Å². The lowest BCUT2D eigenvalue weighted by atomic mass is 9.95. The molecule has 1 heterocycles. The minimum atomic E-state index is 0.0759. The zero-order valence-corrected chi connectivity index (χ0v) is 16.1. The Morgan fingerprint density at radius 3 is 2.69 bits per heavy atom. The van der Waals surface area contributed by atoms with E-state index in [1.807, 2.05) is 22.8 Å². The molecule has 0 aliphatic heterocycles. The Labute approximate surface area is 159 Å². The standard InChI is InChI=1S/C20H26N4OS/c1-3-13-24-19(16-11-9-15(2)10-12-16)22-23-20(24)26-14-18(25)21-17-7-5-4-6-8-17/h3,9-12,17H,1,4-8,13-14H2,2H3,(H,21,25). The maximum absolute atomic E-state index is 12.3. The summed E-state index contributed by atoms with van der Waals surface area (Å²) >= 11 is 1.43. The number of aryl methyl sites for hydroxylation is 1. The molecule has 0 radical (unpaired) electrons. The van der Waals surface area contributed by atoms with Gasteiger partial charge < -0.3 is 5.32 Å². The first-order chi connectivity index (χ1) is 12.7. The Morgan fingerprint density at radius 2 is 2.00 bits per heavy atom. The van der Waals surface area contributed by atoms with E-state index in [1.54, 1.807) is 0 Å². The zero-order valence-electron chi connectivity index (χ0n) is 15.3. The van der Waals surface area contributed by atoms with E-state index in [-0.39, 0.29) is 5.91 Å². The highest BCUT2D eigenvalue weighted by Crippen LogP contribution is 2.24. The molecule has 1 aromatic carbocycles. The average Bonchev–Trinajstić information content (AvgIpc) is 3.05. The number of rotatable bonds is 7. The van der Waals surface area contributed by atoms with Crippen molar-refractivity contribution in [1.29, 1.82) is 0 Å². The van der Waals surface area contributed by atoms with Crippen LogP contribution >= 0.6 is 11.8 Å². The van der Waals surface area contributed by atoms with Gasteiger partial charge in [0.25, 0.3) is 0 Å². The van der Waals surface area contributed by atoms with Gasteiger partial charge in [-0.1, -0.05) is 66.9 Å².